The van der Waals surface area contributed by atoms with Crippen LogP contribution in [0.3, 0.4) is 0 Å². The lowest BCUT2D eigenvalue weighted by atomic mass is 9.96. The van der Waals surface area contributed by atoms with Crippen molar-refractivity contribution >= 4 is 5.96 Å². The number of halogens is 2. The Hall–Kier alpha value is -2.63. The van der Waals surface area contributed by atoms with Gasteiger partial charge in [0.05, 0.1) is 0 Å². The first-order chi connectivity index (χ1) is 12.6. The Morgan fingerprint density at radius 2 is 1.77 bits per heavy atom. The molecule has 0 spiro atoms. The van der Waals surface area contributed by atoms with E-state index in [9.17, 15) is 8.78 Å². The van der Waals surface area contributed by atoms with E-state index in [1.807, 2.05) is 6.07 Å². The maximum Gasteiger partial charge on any atom is 0.387 e. The summed E-state index contributed by atoms with van der Waals surface area (Å²) in [5.41, 5.74) is 2.15. The van der Waals surface area contributed by atoms with Crippen molar-refractivity contribution < 1.29 is 13.5 Å². The molecule has 1 saturated carbocycles. The molecule has 1 aliphatic carbocycles. The molecule has 0 amide bonds. The lowest BCUT2D eigenvalue weighted by molar-refractivity contribution is -0.0504. The predicted octanol–water partition coefficient (Wildman–Crippen LogP) is 3.68. The second kappa shape index (κ2) is 8.17. The van der Waals surface area contributed by atoms with Crippen LogP contribution >= 0.6 is 0 Å². The molecule has 0 bridgehead atoms. The van der Waals surface area contributed by atoms with Crippen LogP contribution in [0.4, 0.5) is 8.78 Å². The maximum absolute atomic E-state index is 12.5. The van der Waals surface area contributed by atoms with Crippen LogP contribution in [0.25, 0.3) is 0 Å². The van der Waals surface area contributed by atoms with Gasteiger partial charge in [0.1, 0.15) is 5.75 Å². The fourth-order valence-corrected chi connectivity index (χ4v) is 3.02. The Morgan fingerprint density at radius 1 is 1.08 bits per heavy atom. The van der Waals surface area contributed by atoms with Crippen molar-refractivity contribution in [3.63, 3.8) is 0 Å². The van der Waals surface area contributed by atoms with Crippen molar-refractivity contribution in [2.75, 3.05) is 13.6 Å². The molecule has 0 aromatic heterocycles. The van der Waals surface area contributed by atoms with Gasteiger partial charge in [0.2, 0.25) is 0 Å². The first-order valence-electron chi connectivity index (χ1n) is 8.66. The monoisotopic (exact) mass is 359 g/mol. The van der Waals surface area contributed by atoms with Gasteiger partial charge < -0.3 is 15.4 Å². The second-order valence-electron chi connectivity index (χ2n) is 6.41. The molecule has 0 aliphatic heterocycles. The molecule has 2 aromatic carbocycles. The number of aliphatic imine (C=N–C) groups is 1. The summed E-state index contributed by atoms with van der Waals surface area (Å²) in [7, 11) is 1.69. The van der Waals surface area contributed by atoms with Gasteiger partial charge in [-0.15, -0.1) is 0 Å². The number of benzene rings is 2. The molecule has 0 saturated heterocycles. The van der Waals surface area contributed by atoms with E-state index in [2.05, 4.69) is 44.6 Å². The highest BCUT2D eigenvalue weighted by Crippen LogP contribution is 2.47. The van der Waals surface area contributed by atoms with Gasteiger partial charge in [0.25, 0.3) is 0 Å². The number of hydrogen-bond acceptors (Lipinski definition) is 2. The van der Waals surface area contributed by atoms with Gasteiger partial charge in [-0.3, -0.25) is 4.99 Å². The highest BCUT2D eigenvalue weighted by Gasteiger charge is 2.43. The first kappa shape index (κ1) is 18.2. The summed E-state index contributed by atoms with van der Waals surface area (Å²) >= 11 is 0. The molecule has 1 fully saturated rings. The Balaban J connectivity index is 1.57. The van der Waals surface area contributed by atoms with Crippen molar-refractivity contribution in [3.05, 3.63) is 65.7 Å². The van der Waals surface area contributed by atoms with Gasteiger partial charge >= 0.3 is 6.61 Å². The van der Waals surface area contributed by atoms with Crippen molar-refractivity contribution in [3.8, 4) is 5.75 Å². The topological polar surface area (TPSA) is 45.7 Å². The van der Waals surface area contributed by atoms with Crippen LogP contribution in [0.2, 0.25) is 0 Å². The van der Waals surface area contributed by atoms with Gasteiger partial charge in [0.15, 0.2) is 5.96 Å². The molecule has 2 N–H and O–H groups in total. The highest BCUT2D eigenvalue weighted by molar-refractivity contribution is 5.79. The molecule has 3 rings (SSSR count). The number of rotatable bonds is 7. The quantitative estimate of drug-likeness (QED) is 0.585. The molecule has 0 unspecified atom stereocenters. The average molecular weight is 359 g/mol. The minimum absolute atomic E-state index is 0.162. The molecular weight excluding hydrogens is 336 g/mol. The van der Waals surface area contributed by atoms with E-state index in [0.717, 1.165) is 19.4 Å². The molecule has 4 nitrogen and oxygen atoms in total. The summed E-state index contributed by atoms with van der Waals surface area (Å²) in [4.78, 5) is 4.22. The fraction of sp³-hybridized carbons (Fsp3) is 0.350. The van der Waals surface area contributed by atoms with Crippen LogP contribution < -0.4 is 15.4 Å². The van der Waals surface area contributed by atoms with Crippen LogP contribution in [0.15, 0.2) is 59.6 Å². The van der Waals surface area contributed by atoms with Gasteiger partial charge in [-0.25, -0.2) is 0 Å². The Labute approximate surface area is 152 Å². The van der Waals surface area contributed by atoms with E-state index in [1.54, 1.807) is 25.2 Å². The molecule has 138 valence electrons. The van der Waals surface area contributed by atoms with Crippen LogP contribution in [0.5, 0.6) is 5.75 Å². The lowest BCUT2D eigenvalue weighted by Crippen LogP contribution is -2.41. The average Bonchev–Trinajstić information content (AvgIpc) is 3.44. The smallest absolute Gasteiger partial charge is 0.387 e. The third kappa shape index (κ3) is 4.50. The standard InChI is InChI=1S/C20H23F2N3O/c1-23-19(24-13-15-7-5-6-10-17(15)26-18(21)22)25-14-20(11-12-20)16-8-3-2-4-9-16/h2-10,18H,11-14H2,1H3,(H2,23,24,25). The second-order valence-corrected chi connectivity index (χ2v) is 6.41. The summed E-state index contributed by atoms with van der Waals surface area (Å²) in [6.07, 6.45) is 2.29. The lowest BCUT2D eigenvalue weighted by Gasteiger charge is -2.19. The first-order valence-corrected chi connectivity index (χ1v) is 8.66. The number of nitrogens with zero attached hydrogens (tertiary/aromatic N) is 1. The summed E-state index contributed by atoms with van der Waals surface area (Å²) in [5.74, 6) is 0.812. The van der Waals surface area contributed by atoms with E-state index in [-0.39, 0.29) is 11.2 Å². The summed E-state index contributed by atoms with van der Waals surface area (Å²) in [6, 6.07) is 17.2. The number of para-hydroxylation sites is 1. The number of nitrogens with one attached hydrogen (secondary N) is 2. The number of alkyl halides is 2. The summed E-state index contributed by atoms with van der Waals surface area (Å²) < 4.78 is 29.6. The Morgan fingerprint density at radius 3 is 2.42 bits per heavy atom. The molecule has 6 heteroatoms. The van der Waals surface area contributed by atoms with Gasteiger partial charge in [-0.1, -0.05) is 48.5 Å². The zero-order valence-electron chi connectivity index (χ0n) is 14.7. The fourth-order valence-electron chi connectivity index (χ4n) is 3.02. The minimum atomic E-state index is -2.84. The van der Waals surface area contributed by atoms with Gasteiger partial charge in [0, 0.05) is 31.1 Å². The molecule has 0 atom stereocenters. The van der Waals surface area contributed by atoms with E-state index in [0.29, 0.717) is 18.1 Å². The van der Waals surface area contributed by atoms with Crippen LogP contribution in [0.1, 0.15) is 24.0 Å². The van der Waals surface area contributed by atoms with Crippen molar-refractivity contribution in [2.24, 2.45) is 4.99 Å². The summed E-state index contributed by atoms with van der Waals surface area (Å²) in [5, 5.41) is 6.52. The normalized spacial score (nSPS) is 15.6. The molecule has 0 heterocycles. The van der Waals surface area contributed by atoms with E-state index in [1.165, 1.54) is 11.6 Å². The van der Waals surface area contributed by atoms with Gasteiger partial charge in [-0.2, -0.15) is 8.78 Å². The van der Waals surface area contributed by atoms with E-state index < -0.39 is 6.61 Å². The van der Waals surface area contributed by atoms with Crippen molar-refractivity contribution in [1.29, 1.82) is 0 Å². The third-order valence-corrected chi connectivity index (χ3v) is 4.69. The van der Waals surface area contributed by atoms with E-state index >= 15 is 0 Å². The number of hydrogen-bond donors (Lipinski definition) is 2. The van der Waals surface area contributed by atoms with E-state index in [4.69, 9.17) is 0 Å². The van der Waals surface area contributed by atoms with Crippen LogP contribution in [-0.4, -0.2) is 26.2 Å². The number of ether oxygens (including phenoxy) is 1. The largest absolute Gasteiger partial charge is 0.434 e. The minimum Gasteiger partial charge on any atom is -0.434 e. The van der Waals surface area contributed by atoms with Crippen LogP contribution in [0, 0.1) is 0 Å². The molecule has 0 radical (unpaired) electrons. The maximum atomic E-state index is 12.5. The zero-order chi connectivity index (χ0) is 18.4. The predicted molar refractivity (Wildman–Crippen MR) is 98.6 cm³/mol. The highest BCUT2D eigenvalue weighted by atomic mass is 19.3. The van der Waals surface area contributed by atoms with Crippen molar-refractivity contribution in [2.45, 2.75) is 31.4 Å². The SMILES string of the molecule is CN=C(NCc1ccccc1OC(F)F)NCC1(c2ccccc2)CC1. The van der Waals surface area contributed by atoms with Crippen LogP contribution in [-0.2, 0) is 12.0 Å². The van der Waals surface area contributed by atoms with Crippen molar-refractivity contribution in [1.82, 2.24) is 10.6 Å². The Kier molecular flexibility index (Phi) is 5.71. The van der Waals surface area contributed by atoms with Gasteiger partial charge in [-0.05, 0) is 24.5 Å². The molecular formula is C20H23F2N3O. The molecule has 26 heavy (non-hydrogen) atoms. The number of guanidine groups is 1. The third-order valence-electron chi connectivity index (χ3n) is 4.69. The Bertz CT molecular complexity index is 746. The zero-order valence-corrected chi connectivity index (χ0v) is 14.7. The molecule has 2 aromatic rings. The summed E-state index contributed by atoms with van der Waals surface area (Å²) in [6.45, 7) is -1.71. The molecule has 1 aliphatic rings.